The Kier molecular flexibility index (Phi) is 0.690. The van der Waals surface area contributed by atoms with E-state index < -0.39 is 0 Å². The average Bonchev–Trinajstić information content (AvgIpc) is 2.55. The number of ketones is 2. The maximum absolute atomic E-state index is 11.5. The Balaban J connectivity index is 1.97. The highest BCUT2D eigenvalue weighted by atomic mass is 16.1. The zero-order valence-corrected chi connectivity index (χ0v) is 6.69. The molecule has 0 unspecified atom stereocenters. The lowest BCUT2D eigenvalue weighted by Crippen LogP contribution is -2.51. The third kappa shape index (κ3) is 0.346. The summed E-state index contributed by atoms with van der Waals surface area (Å²) in [5.41, 5.74) is 0. The van der Waals surface area contributed by atoms with E-state index in [4.69, 9.17) is 0 Å². The highest BCUT2D eigenvalue weighted by Crippen LogP contribution is 2.71. The minimum absolute atomic E-state index is 0.192. The van der Waals surface area contributed by atoms with E-state index in [0.717, 1.165) is 6.42 Å². The molecule has 12 heavy (non-hydrogen) atoms. The van der Waals surface area contributed by atoms with Crippen LogP contribution in [-0.2, 0) is 9.59 Å². The highest BCUT2D eigenvalue weighted by molar-refractivity contribution is 6.02. The smallest absolute Gasteiger partial charge is 0.140 e. The van der Waals surface area contributed by atoms with Gasteiger partial charge in [0, 0.05) is 24.2 Å². The fourth-order valence-electron chi connectivity index (χ4n) is 4.53. The van der Waals surface area contributed by atoms with Crippen molar-refractivity contribution in [3.63, 3.8) is 0 Å². The van der Waals surface area contributed by atoms with E-state index in [-0.39, 0.29) is 11.8 Å². The summed E-state index contributed by atoms with van der Waals surface area (Å²) in [6, 6.07) is 0. The molecule has 4 aliphatic carbocycles. The first-order valence-electron chi connectivity index (χ1n) is 4.85. The van der Waals surface area contributed by atoms with Crippen molar-refractivity contribution < 1.29 is 9.59 Å². The maximum Gasteiger partial charge on any atom is 0.140 e. The van der Waals surface area contributed by atoms with Crippen molar-refractivity contribution in [2.45, 2.75) is 12.8 Å². The molecule has 0 aliphatic heterocycles. The standard InChI is InChI=1S/C10H10O2/c11-6-2-4-3-1-5-7(4)10(12)9(5)8(3)6/h3-5,7-9H,1-2H2/t3-,4-,5+,7-,8-,9-/m0/s1. The topological polar surface area (TPSA) is 34.1 Å². The van der Waals surface area contributed by atoms with Crippen molar-refractivity contribution in [3.8, 4) is 0 Å². The molecule has 6 atom stereocenters. The van der Waals surface area contributed by atoms with Gasteiger partial charge in [0.2, 0.25) is 0 Å². The van der Waals surface area contributed by atoms with Crippen LogP contribution in [0.25, 0.3) is 0 Å². The summed E-state index contributed by atoms with van der Waals surface area (Å²) in [7, 11) is 0. The van der Waals surface area contributed by atoms with Gasteiger partial charge in [-0.1, -0.05) is 0 Å². The number of rotatable bonds is 0. The summed E-state index contributed by atoms with van der Waals surface area (Å²) in [4.78, 5) is 23.1. The predicted molar refractivity (Wildman–Crippen MR) is 40.2 cm³/mol. The quantitative estimate of drug-likeness (QED) is 0.524. The first kappa shape index (κ1) is 5.90. The van der Waals surface area contributed by atoms with Crippen LogP contribution in [-0.4, -0.2) is 11.6 Å². The maximum atomic E-state index is 11.5. The third-order valence-corrected chi connectivity index (χ3v) is 4.79. The summed E-state index contributed by atoms with van der Waals surface area (Å²) >= 11 is 0. The van der Waals surface area contributed by atoms with E-state index in [1.165, 1.54) is 6.42 Å². The Morgan fingerprint density at radius 2 is 1.75 bits per heavy atom. The molecule has 2 bridgehead atoms. The third-order valence-electron chi connectivity index (χ3n) is 4.79. The molecule has 4 fully saturated rings. The summed E-state index contributed by atoms with van der Waals surface area (Å²) in [5, 5.41) is 0. The average molecular weight is 162 g/mol. The molecule has 4 rings (SSSR count). The lowest BCUT2D eigenvalue weighted by molar-refractivity contribution is -0.149. The van der Waals surface area contributed by atoms with E-state index in [1.54, 1.807) is 0 Å². The van der Waals surface area contributed by atoms with Gasteiger partial charge in [0.05, 0.1) is 0 Å². The van der Waals surface area contributed by atoms with E-state index in [2.05, 4.69) is 0 Å². The molecule has 0 radical (unpaired) electrons. The Morgan fingerprint density at radius 1 is 0.917 bits per heavy atom. The first-order chi connectivity index (χ1) is 5.79. The molecule has 0 saturated heterocycles. The zero-order chi connectivity index (χ0) is 8.03. The number of carbonyl (C=O) groups is 2. The van der Waals surface area contributed by atoms with Gasteiger partial charge in [-0.3, -0.25) is 9.59 Å². The van der Waals surface area contributed by atoms with Crippen LogP contribution in [0.3, 0.4) is 0 Å². The summed E-state index contributed by atoms with van der Waals surface area (Å²) in [5.74, 6) is 3.34. The van der Waals surface area contributed by atoms with E-state index in [0.29, 0.717) is 35.2 Å². The van der Waals surface area contributed by atoms with Crippen LogP contribution in [0.15, 0.2) is 0 Å². The Labute approximate surface area is 70.3 Å². The highest BCUT2D eigenvalue weighted by Gasteiger charge is 2.74. The molecule has 0 heterocycles. The van der Waals surface area contributed by atoms with Crippen LogP contribution in [0.1, 0.15) is 12.8 Å². The second-order valence-electron chi connectivity index (χ2n) is 4.88. The summed E-state index contributed by atoms with van der Waals surface area (Å²) in [6.45, 7) is 0. The normalized spacial score (nSPS) is 64.3. The number of carbonyl (C=O) groups excluding carboxylic acids is 2. The van der Waals surface area contributed by atoms with Crippen molar-refractivity contribution in [1.82, 2.24) is 0 Å². The number of hydrogen-bond donors (Lipinski definition) is 0. The van der Waals surface area contributed by atoms with Gasteiger partial charge >= 0.3 is 0 Å². The summed E-state index contributed by atoms with van der Waals surface area (Å²) in [6.07, 6.45) is 1.93. The van der Waals surface area contributed by atoms with Gasteiger partial charge in [-0.2, -0.15) is 0 Å². The van der Waals surface area contributed by atoms with Crippen LogP contribution in [0, 0.1) is 35.5 Å². The SMILES string of the molecule is O=C1C[C@H]2[C@@H]3C[C@@H]4[C@H]2C(=O)[C@@H]4[C@H]13. The molecule has 4 aliphatic rings. The second kappa shape index (κ2) is 1.40. The number of hydrogen-bond acceptors (Lipinski definition) is 2. The van der Waals surface area contributed by atoms with Crippen molar-refractivity contribution in [3.05, 3.63) is 0 Å². The summed E-state index contributed by atoms with van der Waals surface area (Å²) < 4.78 is 0. The minimum atomic E-state index is 0.192. The molecule has 2 nitrogen and oxygen atoms in total. The van der Waals surface area contributed by atoms with Crippen molar-refractivity contribution in [1.29, 1.82) is 0 Å². The van der Waals surface area contributed by atoms with Crippen molar-refractivity contribution in [2.24, 2.45) is 35.5 Å². The van der Waals surface area contributed by atoms with E-state index in [1.807, 2.05) is 0 Å². The van der Waals surface area contributed by atoms with Crippen LogP contribution >= 0.6 is 0 Å². The molecule has 0 aromatic rings. The van der Waals surface area contributed by atoms with E-state index in [9.17, 15) is 9.59 Å². The van der Waals surface area contributed by atoms with Gasteiger partial charge in [0.1, 0.15) is 11.6 Å². The molecular weight excluding hydrogens is 152 g/mol. The lowest BCUT2D eigenvalue weighted by atomic mass is 9.57. The molecule has 0 amide bonds. The van der Waals surface area contributed by atoms with Gasteiger partial charge in [-0.15, -0.1) is 0 Å². The fraction of sp³-hybridized carbons (Fsp3) is 0.800. The molecular formula is C10H10O2. The molecule has 0 aromatic carbocycles. The molecule has 62 valence electrons. The van der Waals surface area contributed by atoms with Crippen LogP contribution in [0.4, 0.5) is 0 Å². The number of Topliss-reactive ketones (excluding diaryl/α,β-unsaturated/α-hetero) is 2. The van der Waals surface area contributed by atoms with Gasteiger partial charge in [-0.25, -0.2) is 0 Å². The van der Waals surface area contributed by atoms with Gasteiger partial charge in [0.15, 0.2) is 0 Å². The second-order valence-corrected chi connectivity index (χ2v) is 4.88. The number of fused-ring (bicyclic) bond motifs is 2. The largest absolute Gasteiger partial charge is 0.299 e. The van der Waals surface area contributed by atoms with Crippen molar-refractivity contribution in [2.75, 3.05) is 0 Å². The predicted octanol–water partition coefficient (Wildman–Crippen LogP) is 0.656. The Morgan fingerprint density at radius 3 is 2.50 bits per heavy atom. The van der Waals surface area contributed by atoms with Gasteiger partial charge < -0.3 is 0 Å². The molecule has 0 spiro atoms. The van der Waals surface area contributed by atoms with Gasteiger partial charge in [0.25, 0.3) is 0 Å². The minimum Gasteiger partial charge on any atom is -0.299 e. The van der Waals surface area contributed by atoms with Gasteiger partial charge in [-0.05, 0) is 24.2 Å². The van der Waals surface area contributed by atoms with Crippen LogP contribution in [0.5, 0.6) is 0 Å². The lowest BCUT2D eigenvalue weighted by Gasteiger charge is -2.43. The molecule has 2 heteroatoms. The van der Waals surface area contributed by atoms with Crippen LogP contribution < -0.4 is 0 Å². The Hall–Kier alpha value is -0.660. The molecule has 0 aromatic heterocycles. The van der Waals surface area contributed by atoms with E-state index >= 15 is 0 Å². The monoisotopic (exact) mass is 162 g/mol. The zero-order valence-electron chi connectivity index (χ0n) is 6.69. The molecule has 4 saturated carbocycles. The molecule has 0 N–H and O–H groups in total. The van der Waals surface area contributed by atoms with Crippen molar-refractivity contribution >= 4 is 11.6 Å². The van der Waals surface area contributed by atoms with Crippen LogP contribution in [0.2, 0.25) is 0 Å². The first-order valence-corrected chi connectivity index (χ1v) is 4.85. The fourth-order valence-corrected chi connectivity index (χ4v) is 4.53. The Bertz CT molecular complexity index is 318.